The molecule has 2 amide bonds. The van der Waals surface area contributed by atoms with Gasteiger partial charge in [-0.3, -0.25) is 9.59 Å². The Balaban J connectivity index is 1.84. The van der Waals surface area contributed by atoms with Crippen molar-refractivity contribution in [2.75, 3.05) is 6.54 Å². The van der Waals surface area contributed by atoms with Gasteiger partial charge in [-0.05, 0) is 49.5 Å². The van der Waals surface area contributed by atoms with Gasteiger partial charge in [0.1, 0.15) is 0 Å². The summed E-state index contributed by atoms with van der Waals surface area (Å²) in [6.07, 6.45) is 6.44. The van der Waals surface area contributed by atoms with E-state index in [0.717, 1.165) is 18.4 Å². The molecule has 1 aromatic rings. The minimum atomic E-state index is -0.847. The number of rotatable bonds is 8. The molecule has 0 atom stereocenters. The number of hydrogen-bond acceptors (Lipinski definition) is 3. The third kappa shape index (κ3) is 5.49. The van der Waals surface area contributed by atoms with Gasteiger partial charge in [0.15, 0.2) is 0 Å². The Bertz CT molecular complexity index is 600. The predicted octanol–water partition coefficient (Wildman–Crippen LogP) is 2.26. The quantitative estimate of drug-likeness (QED) is 0.640. The third-order valence-electron chi connectivity index (χ3n) is 4.42. The second kappa shape index (κ2) is 8.11. The van der Waals surface area contributed by atoms with E-state index in [-0.39, 0.29) is 18.4 Å². The molecule has 1 aliphatic rings. The molecule has 0 saturated heterocycles. The van der Waals surface area contributed by atoms with Crippen molar-refractivity contribution in [3.8, 4) is 0 Å². The molecule has 2 rings (SSSR count). The maximum atomic E-state index is 11.9. The summed E-state index contributed by atoms with van der Waals surface area (Å²) in [5.74, 6) is -0.296. The number of nitrogens with one attached hydrogen (secondary N) is 2. The van der Waals surface area contributed by atoms with E-state index < -0.39 is 5.60 Å². The van der Waals surface area contributed by atoms with Crippen LogP contribution in [0, 0.1) is 0 Å². The van der Waals surface area contributed by atoms with Crippen LogP contribution in [0.2, 0.25) is 0 Å². The molecule has 0 unspecified atom stereocenters. The number of aliphatic hydroxyl groups is 1. The Morgan fingerprint density at radius 3 is 2.38 bits per heavy atom. The van der Waals surface area contributed by atoms with Crippen LogP contribution in [0.1, 0.15) is 55.5 Å². The zero-order chi connectivity index (χ0) is 17.6. The van der Waals surface area contributed by atoms with Crippen LogP contribution >= 0.6 is 0 Å². The van der Waals surface area contributed by atoms with Crippen molar-refractivity contribution < 1.29 is 14.7 Å². The van der Waals surface area contributed by atoms with Gasteiger partial charge in [0.05, 0.1) is 5.60 Å². The Morgan fingerprint density at radius 1 is 1.21 bits per heavy atom. The largest absolute Gasteiger partial charge is 0.388 e. The topological polar surface area (TPSA) is 78.4 Å². The van der Waals surface area contributed by atoms with Crippen molar-refractivity contribution in [1.82, 2.24) is 10.6 Å². The number of carbonyl (C=O) groups is 2. The second-order valence-electron chi connectivity index (χ2n) is 6.35. The molecule has 0 bridgehead atoms. The van der Waals surface area contributed by atoms with Crippen LogP contribution in [0.15, 0.2) is 30.3 Å². The molecule has 0 radical (unpaired) electrons. The second-order valence-corrected chi connectivity index (χ2v) is 6.35. The Labute approximate surface area is 143 Å². The zero-order valence-corrected chi connectivity index (χ0v) is 14.3. The molecule has 5 nitrogen and oxygen atoms in total. The fourth-order valence-corrected chi connectivity index (χ4v) is 2.22. The van der Waals surface area contributed by atoms with Crippen molar-refractivity contribution >= 4 is 17.9 Å². The summed E-state index contributed by atoms with van der Waals surface area (Å²) in [7, 11) is 0. The van der Waals surface area contributed by atoms with Gasteiger partial charge in [0.25, 0.3) is 5.91 Å². The fraction of sp³-hybridized carbons (Fsp3) is 0.474. The average molecular weight is 330 g/mol. The van der Waals surface area contributed by atoms with Gasteiger partial charge >= 0.3 is 0 Å². The highest BCUT2D eigenvalue weighted by Crippen LogP contribution is 2.19. The Kier molecular flexibility index (Phi) is 6.15. The van der Waals surface area contributed by atoms with Crippen LogP contribution < -0.4 is 10.6 Å². The molecule has 1 aromatic carbocycles. The van der Waals surface area contributed by atoms with Crippen LogP contribution in [0.3, 0.4) is 0 Å². The average Bonchev–Trinajstić information content (AvgIpc) is 3.42. The first-order valence-electron chi connectivity index (χ1n) is 8.55. The minimum Gasteiger partial charge on any atom is -0.388 e. The summed E-state index contributed by atoms with van der Waals surface area (Å²) in [4.78, 5) is 23.7. The van der Waals surface area contributed by atoms with Crippen LogP contribution in [0.25, 0.3) is 6.08 Å². The van der Waals surface area contributed by atoms with Crippen molar-refractivity contribution in [1.29, 1.82) is 0 Å². The van der Waals surface area contributed by atoms with E-state index in [2.05, 4.69) is 10.6 Å². The lowest BCUT2D eigenvalue weighted by molar-refractivity contribution is -0.117. The molecule has 0 aliphatic heterocycles. The van der Waals surface area contributed by atoms with Gasteiger partial charge in [-0.1, -0.05) is 26.0 Å². The monoisotopic (exact) mass is 330 g/mol. The molecule has 5 heteroatoms. The van der Waals surface area contributed by atoms with E-state index in [9.17, 15) is 14.7 Å². The van der Waals surface area contributed by atoms with E-state index >= 15 is 0 Å². The van der Waals surface area contributed by atoms with Crippen molar-refractivity contribution in [3.05, 3.63) is 41.5 Å². The zero-order valence-electron chi connectivity index (χ0n) is 14.3. The SMILES string of the molecule is CCC(O)(CC)CNC(=O)C=Cc1ccc(C(=O)NC2CC2)cc1. The lowest BCUT2D eigenvalue weighted by Gasteiger charge is -2.24. The van der Waals surface area contributed by atoms with Gasteiger partial charge in [0.2, 0.25) is 5.91 Å². The molecule has 1 aliphatic carbocycles. The smallest absolute Gasteiger partial charge is 0.251 e. The molecule has 0 spiro atoms. The summed E-state index contributed by atoms with van der Waals surface area (Å²) in [5.41, 5.74) is 0.619. The maximum absolute atomic E-state index is 11.9. The van der Waals surface area contributed by atoms with E-state index in [0.29, 0.717) is 24.4 Å². The summed E-state index contributed by atoms with van der Waals surface area (Å²) in [6, 6.07) is 7.45. The van der Waals surface area contributed by atoms with Crippen LogP contribution in [-0.2, 0) is 4.79 Å². The summed E-state index contributed by atoms with van der Waals surface area (Å²) in [6.45, 7) is 4.03. The number of hydrogen-bond donors (Lipinski definition) is 3. The number of carbonyl (C=O) groups excluding carboxylic acids is 2. The number of benzene rings is 1. The van der Waals surface area contributed by atoms with Crippen LogP contribution in [0.4, 0.5) is 0 Å². The van der Waals surface area contributed by atoms with E-state index in [1.165, 1.54) is 6.08 Å². The van der Waals surface area contributed by atoms with Crippen molar-refractivity contribution in [3.63, 3.8) is 0 Å². The van der Waals surface area contributed by atoms with E-state index in [1.807, 2.05) is 13.8 Å². The third-order valence-corrected chi connectivity index (χ3v) is 4.42. The first-order chi connectivity index (χ1) is 11.5. The van der Waals surface area contributed by atoms with Crippen LogP contribution in [0.5, 0.6) is 0 Å². The maximum Gasteiger partial charge on any atom is 0.251 e. The van der Waals surface area contributed by atoms with Crippen LogP contribution in [-0.4, -0.2) is 35.1 Å². The highest BCUT2D eigenvalue weighted by atomic mass is 16.3. The lowest BCUT2D eigenvalue weighted by Crippen LogP contribution is -2.41. The summed E-state index contributed by atoms with van der Waals surface area (Å²) < 4.78 is 0. The van der Waals surface area contributed by atoms with Gasteiger partial charge in [-0.15, -0.1) is 0 Å². The molecule has 24 heavy (non-hydrogen) atoms. The minimum absolute atomic E-state index is 0.0517. The van der Waals surface area contributed by atoms with Gasteiger partial charge < -0.3 is 15.7 Å². The normalized spacial score (nSPS) is 14.6. The Morgan fingerprint density at radius 2 is 1.83 bits per heavy atom. The molecular weight excluding hydrogens is 304 g/mol. The summed E-state index contributed by atoms with van der Waals surface area (Å²) in [5, 5.41) is 15.8. The molecule has 0 aromatic heterocycles. The molecule has 1 fully saturated rings. The van der Waals surface area contributed by atoms with E-state index in [4.69, 9.17) is 0 Å². The van der Waals surface area contributed by atoms with Gasteiger partial charge in [-0.2, -0.15) is 0 Å². The highest BCUT2D eigenvalue weighted by molar-refractivity contribution is 5.95. The van der Waals surface area contributed by atoms with Gasteiger partial charge in [-0.25, -0.2) is 0 Å². The molecule has 130 valence electrons. The molecular formula is C19H26N2O3. The lowest BCUT2D eigenvalue weighted by atomic mass is 9.98. The highest BCUT2D eigenvalue weighted by Gasteiger charge is 2.23. The van der Waals surface area contributed by atoms with E-state index in [1.54, 1.807) is 30.3 Å². The molecule has 0 heterocycles. The fourth-order valence-electron chi connectivity index (χ4n) is 2.22. The standard InChI is InChI=1S/C19H26N2O3/c1-3-19(24,4-2)13-20-17(22)12-7-14-5-8-15(9-6-14)18(23)21-16-10-11-16/h5-9,12,16,24H,3-4,10-11,13H2,1-2H3,(H,20,22)(H,21,23). The van der Waals surface area contributed by atoms with Crippen molar-refractivity contribution in [2.24, 2.45) is 0 Å². The van der Waals surface area contributed by atoms with Gasteiger partial charge in [0, 0.05) is 24.2 Å². The first kappa shape index (κ1) is 18.2. The Hall–Kier alpha value is -2.14. The summed E-state index contributed by atoms with van der Waals surface area (Å²) >= 11 is 0. The predicted molar refractivity (Wildman–Crippen MR) is 94.5 cm³/mol. The first-order valence-corrected chi connectivity index (χ1v) is 8.55. The number of amides is 2. The molecule has 1 saturated carbocycles. The van der Waals surface area contributed by atoms with Crippen molar-refractivity contribution in [2.45, 2.75) is 51.2 Å². The molecule has 3 N–H and O–H groups in total.